The molecule has 0 unspecified atom stereocenters. The van der Waals surface area contributed by atoms with Crippen molar-refractivity contribution in [2.75, 3.05) is 0 Å². The van der Waals surface area contributed by atoms with Gasteiger partial charge in [-0.1, -0.05) is 26.5 Å². The van der Waals surface area contributed by atoms with Gasteiger partial charge >= 0.3 is 17.9 Å². The van der Waals surface area contributed by atoms with Gasteiger partial charge < -0.3 is 29.2 Å². The number of ether oxygens (including phenoxy) is 4. The number of carbonyl (C=O) groups excluding carboxylic acids is 4. The summed E-state index contributed by atoms with van der Waals surface area (Å²) in [6, 6.07) is 0. The molecule has 3 fully saturated rings. The van der Waals surface area contributed by atoms with E-state index in [-0.39, 0.29) is 5.57 Å². The standard InChI is InChI=1S/C25H31ClO10/c1-10-15(26)18-25(32,11(2)20(30)36-18)21(34-13(4)28)23(6)22(5,9-8-14(29)24(23,7)31)19(33-12(3)27)17-16(10)35-17/h8-9,11,15-19,21,31-32H,1H2,2-7H3/t11-,15-,16+,17-,18-,19-,21+,22+,23+,24+,25-/m0/s1. The molecule has 2 aliphatic carbocycles. The van der Waals surface area contributed by atoms with Crippen molar-refractivity contribution < 1.29 is 48.3 Å². The van der Waals surface area contributed by atoms with E-state index in [2.05, 4.69) is 6.58 Å². The Morgan fingerprint density at radius 2 is 1.69 bits per heavy atom. The zero-order chi connectivity index (χ0) is 27.2. The average Bonchev–Trinajstić information content (AvgIpc) is 3.54. The summed E-state index contributed by atoms with van der Waals surface area (Å²) >= 11 is 6.71. The molecule has 2 heterocycles. The van der Waals surface area contributed by atoms with E-state index in [1.807, 2.05) is 0 Å². The highest BCUT2D eigenvalue weighted by molar-refractivity contribution is 6.23. The summed E-state index contributed by atoms with van der Waals surface area (Å²) in [7, 11) is 0. The molecule has 0 amide bonds. The third kappa shape index (κ3) is 3.27. The molecule has 11 heteroatoms. The Balaban J connectivity index is 2.10. The van der Waals surface area contributed by atoms with Crippen LogP contribution in [0.1, 0.15) is 41.5 Å². The second-order valence-electron chi connectivity index (χ2n) is 10.7. The molecule has 0 radical (unpaired) electrons. The summed E-state index contributed by atoms with van der Waals surface area (Å²) in [5, 5.41) is 22.9. The molecular weight excluding hydrogens is 496 g/mol. The van der Waals surface area contributed by atoms with E-state index in [0.29, 0.717) is 0 Å². The lowest BCUT2D eigenvalue weighted by atomic mass is 9.46. The first-order valence-electron chi connectivity index (χ1n) is 11.7. The lowest BCUT2D eigenvalue weighted by Crippen LogP contribution is -2.75. The zero-order valence-electron chi connectivity index (χ0n) is 20.9. The minimum Gasteiger partial charge on any atom is -0.459 e. The Bertz CT molecular complexity index is 1080. The van der Waals surface area contributed by atoms with E-state index in [1.54, 1.807) is 6.92 Å². The fraction of sp³-hybridized carbons (Fsp3) is 0.680. The van der Waals surface area contributed by atoms with Crippen LogP contribution in [-0.4, -0.2) is 81.0 Å². The predicted octanol–water partition coefficient (Wildman–Crippen LogP) is 0.989. The van der Waals surface area contributed by atoms with Crippen molar-refractivity contribution in [3.63, 3.8) is 0 Å². The van der Waals surface area contributed by atoms with Crippen LogP contribution in [0.4, 0.5) is 0 Å². The average molecular weight is 527 g/mol. The summed E-state index contributed by atoms with van der Waals surface area (Å²) in [5.74, 6) is -4.37. The van der Waals surface area contributed by atoms with Crippen LogP contribution in [0.5, 0.6) is 0 Å². The largest absolute Gasteiger partial charge is 0.459 e. The molecule has 4 rings (SSSR count). The summed E-state index contributed by atoms with van der Waals surface area (Å²) in [4.78, 5) is 50.7. The fourth-order valence-corrected chi connectivity index (χ4v) is 6.65. The lowest BCUT2D eigenvalue weighted by Gasteiger charge is -2.61. The van der Waals surface area contributed by atoms with Crippen molar-refractivity contribution in [3.8, 4) is 0 Å². The number of fused-ring (bicyclic) bond motifs is 3. The highest BCUT2D eigenvalue weighted by Gasteiger charge is 2.78. The molecule has 2 aliphatic heterocycles. The van der Waals surface area contributed by atoms with Crippen LogP contribution < -0.4 is 0 Å². The Kier molecular flexibility index (Phi) is 6.04. The number of carbonyl (C=O) groups is 4. The van der Waals surface area contributed by atoms with Crippen molar-refractivity contribution in [1.29, 1.82) is 0 Å². The van der Waals surface area contributed by atoms with Gasteiger partial charge in [-0.25, -0.2) is 0 Å². The molecule has 1 saturated carbocycles. The van der Waals surface area contributed by atoms with Crippen LogP contribution in [0, 0.1) is 16.7 Å². The van der Waals surface area contributed by atoms with Crippen LogP contribution >= 0.6 is 11.6 Å². The maximum Gasteiger partial charge on any atom is 0.312 e. The number of esters is 3. The van der Waals surface area contributed by atoms with E-state index in [1.165, 1.54) is 33.8 Å². The first-order chi connectivity index (χ1) is 16.5. The molecule has 2 N–H and O–H groups in total. The van der Waals surface area contributed by atoms with Gasteiger partial charge in [-0.05, 0) is 25.5 Å². The van der Waals surface area contributed by atoms with Crippen LogP contribution in [0.2, 0.25) is 0 Å². The normalized spacial score (nSPS) is 49.8. The van der Waals surface area contributed by atoms with E-state index in [9.17, 15) is 29.4 Å². The number of halogens is 1. The minimum atomic E-state index is -2.33. The molecule has 4 aliphatic rings. The van der Waals surface area contributed by atoms with Crippen LogP contribution in [0.15, 0.2) is 24.3 Å². The van der Waals surface area contributed by atoms with Gasteiger partial charge in [0.25, 0.3) is 0 Å². The van der Waals surface area contributed by atoms with Crippen molar-refractivity contribution in [1.82, 2.24) is 0 Å². The molecule has 0 aromatic carbocycles. The number of alkyl halides is 1. The molecule has 11 atom stereocenters. The number of epoxide rings is 1. The van der Waals surface area contributed by atoms with Gasteiger partial charge in [0.05, 0.1) is 16.7 Å². The van der Waals surface area contributed by atoms with Crippen molar-refractivity contribution >= 4 is 35.3 Å². The van der Waals surface area contributed by atoms with E-state index in [4.69, 9.17) is 30.5 Å². The predicted molar refractivity (Wildman–Crippen MR) is 124 cm³/mol. The van der Waals surface area contributed by atoms with Gasteiger partial charge in [0.1, 0.15) is 30.0 Å². The third-order valence-corrected chi connectivity index (χ3v) is 9.37. The van der Waals surface area contributed by atoms with E-state index >= 15 is 0 Å². The number of hydrogen-bond acceptors (Lipinski definition) is 10. The number of aliphatic hydroxyl groups is 2. The number of rotatable bonds is 2. The van der Waals surface area contributed by atoms with E-state index < -0.39 is 87.5 Å². The Morgan fingerprint density at radius 3 is 2.25 bits per heavy atom. The highest BCUT2D eigenvalue weighted by Crippen LogP contribution is 2.63. The molecule has 36 heavy (non-hydrogen) atoms. The van der Waals surface area contributed by atoms with Crippen LogP contribution in [0.25, 0.3) is 0 Å². The van der Waals surface area contributed by atoms with Gasteiger partial charge in [-0.3, -0.25) is 19.2 Å². The van der Waals surface area contributed by atoms with Crippen LogP contribution in [0.3, 0.4) is 0 Å². The zero-order valence-corrected chi connectivity index (χ0v) is 21.7. The molecule has 0 bridgehead atoms. The van der Waals surface area contributed by atoms with Gasteiger partial charge in [-0.2, -0.15) is 0 Å². The first kappa shape index (κ1) is 26.8. The molecule has 0 aromatic rings. The Morgan fingerprint density at radius 1 is 1.11 bits per heavy atom. The van der Waals surface area contributed by atoms with Gasteiger partial charge in [-0.15, -0.1) is 11.6 Å². The van der Waals surface area contributed by atoms with Crippen LogP contribution in [-0.2, 0) is 38.1 Å². The fourth-order valence-electron chi connectivity index (χ4n) is 6.27. The molecular formula is C25H31ClO10. The summed E-state index contributed by atoms with van der Waals surface area (Å²) in [6.07, 6.45) is -3.26. The third-order valence-electron chi connectivity index (χ3n) is 8.86. The smallest absolute Gasteiger partial charge is 0.312 e. The molecule has 10 nitrogen and oxygen atoms in total. The van der Waals surface area contributed by atoms with E-state index in [0.717, 1.165) is 13.0 Å². The van der Waals surface area contributed by atoms with Gasteiger partial charge in [0.2, 0.25) is 0 Å². The second kappa shape index (κ2) is 8.11. The minimum absolute atomic E-state index is 0.264. The first-order valence-corrected chi connectivity index (χ1v) is 12.1. The molecule has 2 saturated heterocycles. The summed E-state index contributed by atoms with van der Waals surface area (Å²) in [6.45, 7) is 11.9. The monoisotopic (exact) mass is 526 g/mol. The van der Waals surface area contributed by atoms with Crippen molar-refractivity contribution in [2.24, 2.45) is 16.7 Å². The number of ketones is 1. The Hall–Kier alpha value is -2.27. The van der Waals surface area contributed by atoms with Gasteiger partial charge in [0.15, 0.2) is 17.5 Å². The molecule has 0 spiro atoms. The maximum atomic E-state index is 13.1. The molecule has 0 aromatic heterocycles. The SMILES string of the molecule is C=C1[C@H]2O[C@@H]2[C@H](OC(C)=O)[C@@]2(C)C=CC(=O)[C@@](C)(O)[C@]2(C)[C@@H](OC(C)=O)[C@]2(O)[C@@H](C)C(=O)O[C@H]2[C@H]1Cl. The highest BCUT2D eigenvalue weighted by atomic mass is 35.5. The van der Waals surface area contributed by atoms with Gasteiger partial charge in [0, 0.05) is 19.3 Å². The van der Waals surface area contributed by atoms with Crippen molar-refractivity contribution in [2.45, 2.75) is 88.6 Å². The maximum absolute atomic E-state index is 13.1. The summed E-state index contributed by atoms with van der Waals surface area (Å²) in [5.41, 5.74) is -7.74. The Labute approximate surface area is 213 Å². The van der Waals surface area contributed by atoms with Crippen molar-refractivity contribution in [3.05, 3.63) is 24.3 Å². The quantitative estimate of drug-likeness (QED) is 0.175. The topological polar surface area (TPSA) is 149 Å². The number of hydrogen-bond donors (Lipinski definition) is 2. The lowest BCUT2D eigenvalue weighted by molar-refractivity contribution is -0.264. The molecule has 198 valence electrons. The second-order valence-corrected chi connectivity index (χ2v) is 11.2. The summed E-state index contributed by atoms with van der Waals surface area (Å²) < 4.78 is 22.8.